The zero-order chi connectivity index (χ0) is 21.7. The summed E-state index contributed by atoms with van der Waals surface area (Å²) in [6.45, 7) is 0.136. The summed E-state index contributed by atoms with van der Waals surface area (Å²) in [5.41, 5.74) is -0.470. The van der Waals surface area contributed by atoms with Crippen LogP contribution >= 0.6 is 0 Å². The van der Waals surface area contributed by atoms with Crippen LogP contribution < -0.4 is 9.47 Å². The molecule has 1 aliphatic rings. The Morgan fingerprint density at radius 1 is 1.00 bits per heavy atom. The van der Waals surface area contributed by atoms with E-state index in [4.69, 9.17) is 9.47 Å². The largest absolute Gasteiger partial charge is 0.497 e. The first kappa shape index (κ1) is 21.0. The number of hydrogen-bond acceptors (Lipinski definition) is 7. The Kier molecular flexibility index (Phi) is 6.41. The van der Waals surface area contributed by atoms with Crippen LogP contribution in [0.5, 0.6) is 11.5 Å². The van der Waals surface area contributed by atoms with Crippen LogP contribution in [-0.4, -0.2) is 41.3 Å². The molecule has 0 bridgehead atoms. The van der Waals surface area contributed by atoms with Crippen LogP contribution in [0.4, 0.5) is 5.69 Å². The van der Waals surface area contributed by atoms with E-state index in [-0.39, 0.29) is 35.7 Å². The number of fused-ring (bicyclic) bond motifs is 1. The third-order valence-electron chi connectivity index (χ3n) is 4.73. The van der Waals surface area contributed by atoms with Gasteiger partial charge in [0.1, 0.15) is 17.1 Å². The molecule has 156 valence electrons. The second-order valence-corrected chi connectivity index (χ2v) is 6.68. The normalized spacial score (nSPS) is 12.6. The van der Waals surface area contributed by atoms with E-state index in [9.17, 15) is 24.5 Å². The number of carbonyl (C=O) groups excluding carboxylic acids is 3. The highest BCUT2D eigenvalue weighted by Gasteiger charge is 2.40. The molecule has 1 aliphatic heterocycles. The van der Waals surface area contributed by atoms with Crippen LogP contribution in [0, 0.1) is 10.1 Å². The zero-order valence-corrected chi connectivity index (χ0v) is 16.3. The van der Waals surface area contributed by atoms with Crippen molar-refractivity contribution < 1.29 is 28.8 Å². The number of methoxy groups -OCH3 is 1. The van der Waals surface area contributed by atoms with E-state index in [0.717, 1.165) is 4.90 Å². The molecule has 0 atom stereocenters. The van der Waals surface area contributed by atoms with Crippen LogP contribution in [-0.2, 0) is 4.79 Å². The smallest absolute Gasteiger partial charge is 0.311 e. The molecule has 0 fully saturated rings. The number of amides is 2. The topological polar surface area (TPSA) is 116 Å². The van der Waals surface area contributed by atoms with Gasteiger partial charge in [-0.25, -0.2) is 0 Å². The summed E-state index contributed by atoms with van der Waals surface area (Å²) >= 11 is 0. The highest BCUT2D eigenvalue weighted by Crippen LogP contribution is 2.30. The van der Waals surface area contributed by atoms with E-state index >= 15 is 0 Å². The first-order valence-electron chi connectivity index (χ1n) is 9.40. The minimum atomic E-state index is -0.665. The van der Waals surface area contributed by atoms with Gasteiger partial charge in [-0.2, -0.15) is 0 Å². The van der Waals surface area contributed by atoms with Gasteiger partial charge in [0.25, 0.3) is 17.5 Å². The fourth-order valence-corrected chi connectivity index (χ4v) is 3.21. The summed E-state index contributed by atoms with van der Waals surface area (Å²) in [5.74, 6) is -0.475. The average molecular weight is 412 g/mol. The number of nitro groups is 1. The van der Waals surface area contributed by atoms with E-state index < -0.39 is 16.7 Å². The minimum Gasteiger partial charge on any atom is -0.497 e. The number of unbranched alkanes of at least 4 members (excludes halogenated alkanes) is 2. The molecule has 0 N–H and O–H groups in total. The van der Waals surface area contributed by atoms with Crippen molar-refractivity contribution in [3.63, 3.8) is 0 Å². The Hall–Kier alpha value is -3.75. The van der Waals surface area contributed by atoms with Crippen molar-refractivity contribution in [2.24, 2.45) is 0 Å². The molecule has 0 spiro atoms. The molecule has 2 aromatic carbocycles. The molecule has 3 rings (SSSR count). The van der Waals surface area contributed by atoms with Gasteiger partial charge in [-0.3, -0.25) is 29.4 Å². The lowest BCUT2D eigenvalue weighted by Crippen LogP contribution is -2.30. The average Bonchev–Trinajstić information content (AvgIpc) is 2.98. The van der Waals surface area contributed by atoms with Crippen molar-refractivity contribution in [3.8, 4) is 11.5 Å². The second kappa shape index (κ2) is 9.17. The van der Waals surface area contributed by atoms with Crippen LogP contribution in [0.1, 0.15) is 46.4 Å². The van der Waals surface area contributed by atoms with Crippen molar-refractivity contribution in [2.45, 2.75) is 25.7 Å². The van der Waals surface area contributed by atoms with Crippen LogP contribution in [0.3, 0.4) is 0 Å². The highest BCUT2D eigenvalue weighted by molar-refractivity contribution is 6.23. The van der Waals surface area contributed by atoms with Gasteiger partial charge in [0, 0.05) is 19.0 Å². The second-order valence-electron chi connectivity index (χ2n) is 6.68. The monoisotopic (exact) mass is 412 g/mol. The fourth-order valence-electron chi connectivity index (χ4n) is 3.21. The van der Waals surface area contributed by atoms with Gasteiger partial charge in [-0.1, -0.05) is 12.5 Å². The predicted molar refractivity (Wildman–Crippen MR) is 106 cm³/mol. The quantitative estimate of drug-likeness (QED) is 0.155. The van der Waals surface area contributed by atoms with Crippen molar-refractivity contribution in [1.82, 2.24) is 4.90 Å². The lowest BCUT2D eigenvalue weighted by Gasteiger charge is -2.13. The maximum atomic E-state index is 12.5. The SMILES string of the molecule is COc1ccc(OC(=O)CCCCCN2C(=O)c3cccc([N+](=O)[O-])c3C2=O)cc1. The summed E-state index contributed by atoms with van der Waals surface area (Å²) in [7, 11) is 1.55. The van der Waals surface area contributed by atoms with Crippen molar-refractivity contribution in [3.05, 3.63) is 63.7 Å². The van der Waals surface area contributed by atoms with Gasteiger partial charge in [0.2, 0.25) is 0 Å². The van der Waals surface area contributed by atoms with E-state index in [0.29, 0.717) is 30.8 Å². The Morgan fingerprint density at radius 3 is 2.37 bits per heavy atom. The van der Waals surface area contributed by atoms with Crippen molar-refractivity contribution in [1.29, 1.82) is 0 Å². The first-order valence-corrected chi connectivity index (χ1v) is 9.40. The minimum absolute atomic E-state index is 0.0530. The molecule has 0 radical (unpaired) electrons. The maximum absolute atomic E-state index is 12.5. The van der Waals surface area contributed by atoms with Crippen LogP contribution in [0.15, 0.2) is 42.5 Å². The summed E-state index contributed by atoms with van der Waals surface area (Å²) in [4.78, 5) is 48.3. The van der Waals surface area contributed by atoms with E-state index in [2.05, 4.69) is 0 Å². The Morgan fingerprint density at radius 2 is 1.70 bits per heavy atom. The third kappa shape index (κ3) is 4.45. The van der Waals surface area contributed by atoms with E-state index in [1.807, 2.05) is 0 Å². The Balaban J connectivity index is 1.45. The third-order valence-corrected chi connectivity index (χ3v) is 4.73. The molecule has 1 heterocycles. The number of benzene rings is 2. The molecule has 30 heavy (non-hydrogen) atoms. The lowest BCUT2D eigenvalue weighted by atomic mass is 10.1. The van der Waals surface area contributed by atoms with Gasteiger partial charge < -0.3 is 9.47 Å². The maximum Gasteiger partial charge on any atom is 0.311 e. The van der Waals surface area contributed by atoms with Gasteiger partial charge >= 0.3 is 5.97 Å². The molecule has 0 saturated heterocycles. The predicted octanol–water partition coefficient (Wildman–Crippen LogP) is 3.37. The number of nitro benzene ring substituents is 1. The Labute approximate surface area is 172 Å². The summed E-state index contributed by atoms with van der Waals surface area (Å²) in [5, 5.41) is 11.1. The molecule has 0 aromatic heterocycles. The molecule has 9 heteroatoms. The number of carbonyl (C=O) groups is 3. The fraction of sp³-hybridized carbons (Fsp3) is 0.286. The van der Waals surface area contributed by atoms with Gasteiger partial charge in [-0.15, -0.1) is 0 Å². The van der Waals surface area contributed by atoms with Gasteiger partial charge in [0.05, 0.1) is 17.6 Å². The van der Waals surface area contributed by atoms with E-state index in [1.165, 1.54) is 18.2 Å². The Bertz CT molecular complexity index is 985. The zero-order valence-electron chi connectivity index (χ0n) is 16.3. The molecule has 0 saturated carbocycles. The van der Waals surface area contributed by atoms with Crippen LogP contribution in [0.25, 0.3) is 0 Å². The molecule has 9 nitrogen and oxygen atoms in total. The highest BCUT2D eigenvalue weighted by atomic mass is 16.6. The number of nitrogens with zero attached hydrogens (tertiary/aromatic N) is 2. The molecule has 2 amide bonds. The molecule has 0 aliphatic carbocycles. The van der Waals surface area contributed by atoms with E-state index in [1.54, 1.807) is 31.4 Å². The van der Waals surface area contributed by atoms with Gasteiger partial charge in [0.15, 0.2) is 0 Å². The number of hydrogen-bond donors (Lipinski definition) is 0. The summed E-state index contributed by atoms with van der Waals surface area (Å²) in [6, 6.07) is 10.7. The number of esters is 1. The standard InChI is InChI=1S/C21H20N2O7/c1-29-14-9-11-15(12-10-14)30-18(24)8-3-2-4-13-22-20(25)16-6-5-7-17(23(27)28)19(16)21(22)26/h5-7,9-12H,2-4,8,13H2,1H3. The number of rotatable bonds is 9. The van der Waals surface area contributed by atoms with Crippen molar-refractivity contribution in [2.75, 3.05) is 13.7 Å². The summed E-state index contributed by atoms with van der Waals surface area (Å²) in [6.07, 6.45) is 1.79. The molecule has 2 aromatic rings. The first-order chi connectivity index (χ1) is 14.4. The number of imide groups is 1. The summed E-state index contributed by atoms with van der Waals surface area (Å²) < 4.78 is 10.3. The molecular formula is C21H20N2O7. The molecular weight excluding hydrogens is 392 g/mol. The van der Waals surface area contributed by atoms with Gasteiger partial charge in [-0.05, 0) is 43.2 Å². The van der Waals surface area contributed by atoms with Crippen molar-refractivity contribution >= 4 is 23.5 Å². The number of ether oxygens (including phenoxy) is 2. The van der Waals surface area contributed by atoms with Crippen LogP contribution in [0.2, 0.25) is 0 Å². The molecule has 0 unspecified atom stereocenters. The lowest BCUT2D eigenvalue weighted by molar-refractivity contribution is -0.385.